The second-order valence-electron chi connectivity index (χ2n) is 3.94. The molecule has 2 rings (SSSR count). The zero-order valence-corrected chi connectivity index (χ0v) is 11.8. The second kappa shape index (κ2) is 6.25. The van der Waals surface area contributed by atoms with Gasteiger partial charge in [0.15, 0.2) is 0 Å². The monoisotopic (exact) mass is 335 g/mol. The number of rotatable bonds is 4. The number of benzene rings is 1. The van der Waals surface area contributed by atoms with E-state index < -0.39 is 4.92 Å². The van der Waals surface area contributed by atoms with Crippen LogP contribution in [0.5, 0.6) is 0 Å². The van der Waals surface area contributed by atoms with E-state index in [-0.39, 0.29) is 18.1 Å². The zero-order valence-electron chi connectivity index (χ0n) is 10.2. The highest BCUT2D eigenvalue weighted by molar-refractivity contribution is 9.10. The molecule has 6 nitrogen and oxygen atoms in total. The first-order valence-electron chi connectivity index (χ1n) is 5.70. The number of carbonyl (C=O) groups excluding carboxylic acids is 1. The van der Waals surface area contributed by atoms with Crippen molar-refractivity contribution in [2.45, 2.75) is 6.54 Å². The van der Waals surface area contributed by atoms with Gasteiger partial charge < -0.3 is 5.32 Å². The predicted octanol–water partition coefficient (Wildman–Crippen LogP) is 2.68. The van der Waals surface area contributed by atoms with Crippen molar-refractivity contribution in [3.8, 4) is 0 Å². The van der Waals surface area contributed by atoms with Crippen LogP contribution in [0.2, 0.25) is 0 Å². The number of carbonyl (C=O) groups is 1. The lowest BCUT2D eigenvalue weighted by Crippen LogP contribution is -2.24. The number of pyridine rings is 1. The van der Waals surface area contributed by atoms with Crippen LogP contribution in [-0.2, 0) is 6.54 Å². The largest absolute Gasteiger partial charge is 0.347 e. The number of non-ortho nitro benzene ring substituents is 1. The molecule has 0 unspecified atom stereocenters. The lowest BCUT2D eigenvalue weighted by atomic mass is 10.2. The van der Waals surface area contributed by atoms with Crippen LogP contribution in [0, 0.1) is 10.1 Å². The minimum atomic E-state index is -0.465. The number of nitro groups is 1. The Morgan fingerprint density at radius 1 is 1.30 bits per heavy atom. The SMILES string of the molecule is O=C(NCc1ccc([N+](=O)[O-])cc1)c1ncccc1Br. The van der Waals surface area contributed by atoms with Gasteiger partial charge in [-0.05, 0) is 33.6 Å². The Morgan fingerprint density at radius 3 is 2.60 bits per heavy atom. The van der Waals surface area contributed by atoms with E-state index in [4.69, 9.17) is 0 Å². The van der Waals surface area contributed by atoms with Gasteiger partial charge in [-0.1, -0.05) is 12.1 Å². The summed E-state index contributed by atoms with van der Waals surface area (Å²) in [6, 6.07) is 9.46. The maximum Gasteiger partial charge on any atom is 0.271 e. The smallest absolute Gasteiger partial charge is 0.271 e. The maximum atomic E-state index is 11.9. The third-order valence-corrected chi connectivity index (χ3v) is 3.21. The fraction of sp³-hybridized carbons (Fsp3) is 0.0769. The van der Waals surface area contributed by atoms with Gasteiger partial charge in [0.2, 0.25) is 0 Å². The lowest BCUT2D eigenvalue weighted by molar-refractivity contribution is -0.384. The summed E-state index contributed by atoms with van der Waals surface area (Å²) in [7, 11) is 0. The van der Waals surface area contributed by atoms with Crippen LogP contribution in [0.4, 0.5) is 5.69 Å². The molecule has 0 aliphatic heterocycles. The number of nitrogens with zero attached hydrogens (tertiary/aromatic N) is 2. The Morgan fingerprint density at radius 2 is 2.00 bits per heavy atom. The number of amides is 1. The lowest BCUT2D eigenvalue weighted by Gasteiger charge is -2.06. The molecule has 1 heterocycles. The first-order chi connectivity index (χ1) is 9.58. The van der Waals surface area contributed by atoms with E-state index in [0.717, 1.165) is 5.56 Å². The molecular formula is C13H10BrN3O3. The van der Waals surface area contributed by atoms with E-state index in [2.05, 4.69) is 26.2 Å². The summed E-state index contributed by atoms with van der Waals surface area (Å²) in [5, 5.41) is 13.2. The molecule has 0 saturated carbocycles. The van der Waals surface area contributed by atoms with E-state index >= 15 is 0 Å². The van der Waals surface area contributed by atoms with Crippen LogP contribution < -0.4 is 5.32 Å². The molecule has 102 valence electrons. The van der Waals surface area contributed by atoms with E-state index in [1.807, 2.05) is 0 Å². The Bertz CT molecular complexity index is 644. The highest BCUT2D eigenvalue weighted by atomic mass is 79.9. The molecular weight excluding hydrogens is 326 g/mol. The molecule has 2 aromatic rings. The van der Waals surface area contributed by atoms with Crippen molar-refractivity contribution in [2.75, 3.05) is 0 Å². The van der Waals surface area contributed by atoms with Crippen molar-refractivity contribution in [2.24, 2.45) is 0 Å². The first-order valence-corrected chi connectivity index (χ1v) is 6.49. The van der Waals surface area contributed by atoms with E-state index in [9.17, 15) is 14.9 Å². The highest BCUT2D eigenvalue weighted by Crippen LogP contribution is 2.14. The fourth-order valence-corrected chi connectivity index (χ4v) is 1.99. The number of nitro benzene ring substituents is 1. The van der Waals surface area contributed by atoms with Crippen LogP contribution in [-0.4, -0.2) is 15.8 Å². The highest BCUT2D eigenvalue weighted by Gasteiger charge is 2.11. The molecule has 0 spiro atoms. The average Bonchev–Trinajstić information content (AvgIpc) is 2.45. The summed E-state index contributed by atoms with van der Waals surface area (Å²) >= 11 is 3.25. The van der Waals surface area contributed by atoms with Crippen LogP contribution in [0.3, 0.4) is 0 Å². The third-order valence-electron chi connectivity index (χ3n) is 2.57. The van der Waals surface area contributed by atoms with Crippen LogP contribution in [0.1, 0.15) is 16.1 Å². The second-order valence-corrected chi connectivity index (χ2v) is 4.79. The molecule has 0 aliphatic carbocycles. The predicted molar refractivity (Wildman–Crippen MR) is 76.2 cm³/mol. The van der Waals surface area contributed by atoms with Crippen molar-refractivity contribution >= 4 is 27.5 Å². The van der Waals surface area contributed by atoms with Gasteiger partial charge in [0.05, 0.1) is 4.92 Å². The molecule has 0 radical (unpaired) electrons. The Labute approximate surface area is 123 Å². The van der Waals surface area contributed by atoms with Crippen molar-refractivity contribution in [3.05, 3.63) is 68.4 Å². The average molecular weight is 336 g/mol. The van der Waals surface area contributed by atoms with Gasteiger partial charge in [0.1, 0.15) is 5.69 Å². The van der Waals surface area contributed by atoms with E-state index in [0.29, 0.717) is 10.2 Å². The minimum absolute atomic E-state index is 0.0209. The maximum absolute atomic E-state index is 11.9. The molecule has 7 heteroatoms. The fourth-order valence-electron chi connectivity index (χ4n) is 1.55. The number of aromatic nitrogens is 1. The summed E-state index contributed by atoms with van der Waals surface area (Å²) < 4.78 is 0.612. The third kappa shape index (κ3) is 3.39. The van der Waals surface area contributed by atoms with Gasteiger partial charge in [-0.3, -0.25) is 14.9 Å². The Hall–Kier alpha value is -2.28. The Balaban J connectivity index is 2.00. The molecule has 1 amide bonds. The summed E-state index contributed by atoms with van der Waals surface area (Å²) in [5.74, 6) is -0.309. The number of hydrogen-bond acceptors (Lipinski definition) is 4. The molecule has 1 N–H and O–H groups in total. The van der Waals surface area contributed by atoms with Crippen molar-refractivity contribution in [1.82, 2.24) is 10.3 Å². The Kier molecular flexibility index (Phi) is 4.41. The van der Waals surface area contributed by atoms with Crippen LogP contribution in [0.15, 0.2) is 47.1 Å². The van der Waals surface area contributed by atoms with Gasteiger partial charge >= 0.3 is 0 Å². The topological polar surface area (TPSA) is 85.1 Å². The number of nitrogens with one attached hydrogen (secondary N) is 1. The molecule has 1 aromatic carbocycles. The van der Waals surface area contributed by atoms with Crippen LogP contribution >= 0.6 is 15.9 Å². The van der Waals surface area contributed by atoms with Gasteiger partial charge in [0, 0.05) is 29.3 Å². The summed E-state index contributed by atoms with van der Waals surface area (Å²) in [5.41, 5.74) is 1.10. The van der Waals surface area contributed by atoms with Crippen molar-refractivity contribution in [1.29, 1.82) is 0 Å². The summed E-state index contributed by atoms with van der Waals surface area (Å²) in [6.07, 6.45) is 1.53. The summed E-state index contributed by atoms with van der Waals surface area (Å²) in [4.78, 5) is 25.9. The molecule has 0 atom stereocenters. The quantitative estimate of drug-likeness (QED) is 0.687. The van der Waals surface area contributed by atoms with E-state index in [1.54, 1.807) is 24.3 Å². The van der Waals surface area contributed by atoms with E-state index in [1.165, 1.54) is 18.3 Å². The normalized spacial score (nSPS) is 10.1. The van der Waals surface area contributed by atoms with Gasteiger partial charge in [-0.2, -0.15) is 0 Å². The molecule has 0 saturated heterocycles. The molecule has 0 aliphatic rings. The van der Waals surface area contributed by atoms with Gasteiger partial charge in [0.25, 0.3) is 11.6 Å². The first kappa shape index (κ1) is 14.1. The standard InChI is InChI=1S/C13H10BrN3O3/c14-11-2-1-7-15-12(11)13(18)16-8-9-3-5-10(6-4-9)17(19)20/h1-7H,8H2,(H,16,18). The van der Waals surface area contributed by atoms with Crippen molar-refractivity contribution < 1.29 is 9.72 Å². The molecule has 0 bridgehead atoms. The summed E-state index contributed by atoms with van der Waals surface area (Å²) in [6.45, 7) is 0.278. The number of halogens is 1. The van der Waals surface area contributed by atoms with Gasteiger partial charge in [-0.25, -0.2) is 4.98 Å². The minimum Gasteiger partial charge on any atom is -0.347 e. The van der Waals surface area contributed by atoms with Crippen molar-refractivity contribution in [3.63, 3.8) is 0 Å². The molecule has 0 fully saturated rings. The molecule has 1 aromatic heterocycles. The molecule has 20 heavy (non-hydrogen) atoms. The zero-order chi connectivity index (χ0) is 14.5. The van der Waals surface area contributed by atoms with Crippen LogP contribution in [0.25, 0.3) is 0 Å². The number of hydrogen-bond donors (Lipinski definition) is 1. The van der Waals surface area contributed by atoms with Gasteiger partial charge in [-0.15, -0.1) is 0 Å².